The highest BCUT2D eigenvalue weighted by Crippen LogP contribution is 2.25. The van der Waals surface area contributed by atoms with E-state index in [1.165, 1.54) is 27.8 Å². The largest absolute Gasteiger partial charge is 0.271 e. The third-order valence-corrected chi connectivity index (χ3v) is 3.60. The van der Waals surface area contributed by atoms with Crippen LogP contribution in [0, 0.1) is 13.8 Å². The van der Waals surface area contributed by atoms with Gasteiger partial charge >= 0.3 is 0 Å². The van der Waals surface area contributed by atoms with Gasteiger partial charge in [0.15, 0.2) is 0 Å². The Morgan fingerprint density at radius 3 is 2.53 bits per heavy atom. The molecule has 0 aromatic heterocycles. The van der Waals surface area contributed by atoms with Crippen molar-refractivity contribution in [1.29, 1.82) is 0 Å². The van der Waals surface area contributed by atoms with Crippen molar-refractivity contribution in [3.63, 3.8) is 0 Å². The summed E-state index contributed by atoms with van der Waals surface area (Å²) in [4.78, 5) is 0. The minimum Gasteiger partial charge on any atom is -0.271 e. The van der Waals surface area contributed by atoms with Gasteiger partial charge in [-0.05, 0) is 42.5 Å². The molecule has 2 nitrogen and oxygen atoms in total. The summed E-state index contributed by atoms with van der Waals surface area (Å²) in [5.41, 5.74) is 9.28. The highest BCUT2D eigenvalue weighted by atomic mass is 15.2. The molecule has 3 N–H and O–H groups in total. The number of nitrogens with two attached hydrogens (primary N) is 1. The van der Waals surface area contributed by atoms with Gasteiger partial charge < -0.3 is 0 Å². The van der Waals surface area contributed by atoms with Crippen LogP contribution in [0.1, 0.15) is 40.8 Å². The second-order valence-corrected chi connectivity index (χ2v) is 5.06. The quantitative estimate of drug-likeness (QED) is 0.648. The van der Waals surface area contributed by atoms with E-state index in [4.69, 9.17) is 5.84 Å². The lowest BCUT2D eigenvalue weighted by Gasteiger charge is -2.20. The zero-order chi connectivity index (χ0) is 13.8. The van der Waals surface area contributed by atoms with Crippen molar-refractivity contribution in [3.8, 4) is 0 Å². The molecule has 0 saturated carbocycles. The summed E-state index contributed by atoms with van der Waals surface area (Å²) in [6.45, 7) is 6.41. The molecule has 0 radical (unpaired) electrons. The minimum absolute atomic E-state index is 0.0482. The van der Waals surface area contributed by atoms with E-state index >= 15 is 0 Å². The molecule has 0 aliphatic carbocycles. The molecule has 0 aliphatic rings. The van der Waals surface area contributed by atoms with E-state index in [9.17, 15) is 0 Å². The Labute approximate surface area is 115 Å². The van der Waals surface area contributed by atoms with Crippen molar-refractivity contribution in [3.05, 3.63) is 70.3 Å². The van der Waals surface area contributed by atoms with Gasteiger partial charge in [0.2, 0.25) is 0 Å². The normalized spacial score (nSPS) is 12.4. The summed E-state index contributed by atoms with van der Waals surface area (Å²) in [7, 11) is 0. The second-order valence-electron chi connectivity index (χ2n) is 5.06. The molecule has 1 atom stereocenters. The van der Waals surface area contributed by atoms with Crippen LogP contribution in [0.3, 0.4) is 0 Å². The molecule has 0 spiro atoms. The summed E-state index contributed by atoms with van der Waals surface area (Å²) in [5, 5.41) is 0. The second kappa shape index (κ2) is 6.00. The van der Waals surface area contributed by atoms with Crippen LogP contribution in [0.15, 0.2) is 42.5 Å². The van der Waals surface area contributed by atoms with E-state index in [1.54, 1.807) is 0 Å². The molecule has 2 aromatic rings. The fourth-order valence-electron chi connectivity index (χ4n) is 2.51. The van der Waals surface area contributed by atoms with Crippen LogP contribution in [0.2, 0.25) is 0 Å². The zero-order valence-electron chi connectivity index (χ0n) is 11.9. The van der Waals surface area contributed by atoms with Crippen LogP contribution in [-0.4, -0.2) is 0 Å². The van der Waals surface area contributed by atoms with Gasteiger partial charge in [0, 0.05) is 0 Å². The highest BCUT2D eigenvalue weighted by Gasteiger charge is 2.14. The number of aryl methyl sites for hydroxylation is 3. The van der Waals surface area contributed by atoms with Crippen molar-refractivity contribution in [2.24, 2.45) is 5.84 Å². The Kier molecular flexibility index (Phi) is 4.35. The first kappa shape index (κ1) is 13.8. The van der Waals surface area contributed by atoms with Crippen molar-refractivity contribution < 1.29 is 0 Å². The minimum atomic E-state index is 0.0482. The monoisotopic (exact) mass is 254 g/mol. The predicted octanol–water partition coefficient (Wildman–Crippen LogP) is 3.42. The summed E-state index contributed by atoms with van der Waals surface area (Å²) in [6.07, 6.45) is 1.04. The molecular formula is C17H22N2. The lowest BCUT2D eigenvalue weighted by molar-refractivity contribution is 0.633. The van der Waals surface area contributed by atoms with E-state index in [0.29, 0.717) is 0 Å². The Balaban J connectivity index is 2.43. The number of rotatable bonds is 4. The van der Waals surface area contributed by atoms with E-state index in [2.05, 4.69) is 68.7 Å². The van der Waals surface area contributed by atoms with Crippen molar-refractivity contribution in [2.45, 2.75) is 33.2 Å². The maximum atomic E-state index is 5.79. The first-order chi connectivity index (χ1) is 9.15. The molecule has 0 aliphatic heterocycles. The van der Waals surface area contributed by atoms with Crippen LogP contribution in [0.25, 0.3) is 0 Å². The molecule has 2 heteroatoms. The number of nitrogens with one attached hydrogen (secondary N) is 1. The van der Waals surface area contributed by atoms with E-state index in [0.717, 1.165) is 6.42 Å². The molecule has 2 aromatic carbocycles. The first-order valence-electron chi connectivity index (χ1n) is 6.77. The van der Waals surface area contributed by atoms with Gasteiger partial charge in [-0.15, -0.1) is 0 Å². The van der Waals surface area contributed by atoms with E-state index in [1.807, 2.05) is 0 Å². The molecule has 0 heterocycles. The number of hydrogen-bond donors (Lipinski definition) is 2. The van der Waals surface area contributed by atoms with Gasteiger partial charge in [0.05, 0.1) is 6.04 Å². The Morgan fingerprint density at radius 2 is 1.89 bits per heavy atom. The third-order valence-electron chi connectivity index (χ3n) is 3.60. The van der Waals surface area contributed by atoms with Crippen molar-refractivity contribution >= 4 is 0 Å². The predicted molar refractivity (Wildman–Crippen MR) is 80.9 cm³/mol. The van der Waals surface area contributed by atoms with Gasteiger partial charge in [-0.25, -0.2) is 5.43 Å². The molecular weight excluding hydrogens is 232 g/mol. The van der Waals surface area contributed by atoms with Crippen LogP contribution < -0.4 is 11.3 Å². The number of hydrogen-bond acceptors (Lipinski definition) is 2. The first-order valence-corrected chi connectivity index (χ1v) is 6.77. The Bertz CT molecular complexity index is 561. The van der Waals surface area contributed by atoms with Crippen LogP contribution in [0.5, 0.6) is 0 Å². The highest BCUT2D eigenvalue weighted by molar-refractivity contribution is 5.39. The molecule has 0 bridgehead atoms. The lowest BCUT2D eigenvalue weighted by Crippen LogP contribution is -2.29. The maximum absolute atomic E-state index is 5.79. The Hall–Kier alpha value is -1.64. The topological polar surface area (TPSA) is 38.0 Å². The van der Waals surface area contributed by atoms with Crippen LogP contribution >= 0.6 is 0 Å². The summed E-state index contributed by atoms with van der Waals surface area (Å²) in [6, 6.07) is 15.1. The van der Waals surface area contributed by atoms with E-state index < -0.39 is 0 Å². The summed E-state index contributed by atoms with van der Waals surface area (Å²) >= 11 is 0. The van der Waals surface area contributed by atoms with Gasteiger partial charge in [-0.2, -0.15) is 0 Å². The van der Waals surface area contributed by atoms with Gasteiger partial charge in [-0.1, -0.05) is 55.0 Å². The SMILES string of the molecule is CCc1cccc(C(NN)c2ccc(C)cc2C)c1. The average Bonchev–Trinajstić information content (AvgIpc) is 2.42. The smallest absolute Gasteiger partial charge is 0.0712 e. The molecule has 1 unspecified atom stereocenters. The standard InChI is InChI=1S/C17H22N2/c1-4-14-6-5-7-15(11-14)17(19-18)16-9-8-12(2)10-13(16)3/h5-11,17,19H,4,18H2,1-3H3. The third kappa shape index (κ3) is 3.03. The summed E-state index contributed by atoms with van der Waals surface area (Å²) in [5.74, 6) is 5.79. The molecule has 100 valence electrons. The molecule has 0 saturated heterocycles. The van der Waals surface area contributed by atoms with Crippen molar-refractivity contribution in [2.75, 3.05) is 0 Å². The Morgan fingerprint density at radius 1 is 1.11 bits per heavy atom. The van der Waals surface area contributed by atoms with Gasteiger partial charge in [-0.3, -0.25) is 5.84 Å². The molecule has 0 amide bonds. The molecule has 19 heavy (non-hydrogen) atoms. The summed E-state index contributed by atoms with van der Waals surface area (Å²) < 4.78 is 0. The van der Waals surface area contributed by atoms with Gasteiger partial charge in [0.25, 0.3) is 0 Å². The molecule has 0 fully saturated rings. The number of hydrazine groups is 1. The fraction of sp³-hybridized carbons (Fsp3) is 0.294. The van der Waals surface area contributed by atoms with Crippen LogP contribution in [0.4, 0.5) is 0 Å². The fourth-order valence-corrected chi connectivity index (χ4v) is 2.51. The average molecular weight is 254 g/mol. The van der Waals surface area contributed by atoms with E-state index in [-0.39, 0.29) is 6.04 Å². The van der Waals surface area contributed by atoms with Crippen molar-refractivity contribution in [1.82, 2.24) is 5.43 Å². The zero-order valence-corrected chi connectivity index (χ0v) is 11.9. The number of benzene rings is 2. The van der Waals surface area contributed by atoms with Gasteiger partial charge in [0.1, 0.15) is 0 Å². The molecule has 2 rings (SSSR count). The van der Waals surface area contributed by atoms with Crippen LogP contribution in [-0.2, 0) is 6.42 Å². The maximum Gasteiger partial charge on any atom is 0.0712 e. The lowest BCUT2D eigenvalue weighted by atomic mass is 9.93.